The van der Waals surface area contributed by atoms with Gasteiger partial charge in [0, 0.05) is 17.7 Å². The fourth-order valence-corrected chi connectivity index (χ4v) is 2.49. The molecule has 2 aromatic carbocycles. The van der Waals surface area contributed by atoms with Crippen molar-refractivity contribution in [1.29, 1.82) is 0 Å². The van der Waals surface area contributed by atoms with Crippen LogP contribution in [-0.4, -0.2) is 31.1 Å². The lowest BCUT2D eigenvalue weighted by Crippen LogP contribution is -2.33. The third kappa shape index (κ3) is 7.69. The quantitative estimate of drug-likeness (QED) is 0.608. The van der Waals surface area contributed by atoms with E-state index in [0.29, 0.717) is 17.7 Å². The summed E-state index contributed by atoms with van der Waals surface area (Å²) in [5.74, 6) is -1.28. The molecular formula is C20H19F5N2O3. The minimum Gasteiger partial charge on any atom is -0.435 e. The number of carbonyl (C=O) groups is 2. The number of anilines is 1. The Bertz CT molecular complexity index is 883. The van der Waals surface area contributed by atoms with Crippen molar-refractivity contribution < 1.29 is 36.3 Å². The predicted molar refractivity (Wildman–Crippen MR) is 99.6 cm³/mol. The molecule has 2 N–H and O–H groups in total. The number of nitrogens with one attached hydrogen (secondary N) is 2. The van der Waals surface area contributed by atoms with Crippen LogP contribution in [0.5, 0.6) is 5.75 Å². The minimum atomic E-state index is -4.53. The van der Waals surface area contributed by atoms with Crippen molar-refractivity contribution >= 4 is 17.5 Å². The van der Waals surface area contributed by atoms with Crippen LogP contribution in [-0.2, 0) is 11.2 Å². The third-order valence-corrected chi connectivity index (χ3v) is 4.01. The third-order valence-electron chi connectivity index (χ3n) is 4.01. The molecule has 0 fully saturated rings. The number of halogens is 5. The highest BCUT2D eigenvalue weighted by Gasteiger charge is 2.28. The highest BCUT2D eigenvalue weighted by atomic mass is 19.4. The molecule has 0 unspecified atom stereocenters. The molecule has 2 amide bonds. The van der Waals surface area contributed by atoms with Crippen LogP contribution in [0.25, 0.3) is 0 Å². The van der Waals surface area contributed by atoms with Gasteiger partial charge in [-0.1, -0.05) is 18.2 Å². The van der Waals surface area contributed by atoms with E-state index in [0.717, 1.165) is 5.56 Å². The van der Waals surface area contributed by atoms with Crippen molar-refractivity contribution in [2.45, 2.75) is 32.6 Å². The fourth-order valence-electron chi connectivity index (χ4n) is 2.49. The van der Waals surface area contributed by atoms with Crippen molar-refractivity contribution in [2.75, 3.05) is 11.9 Å². The first-order valence-corrected chi connectivity index (χ1v) is 8.83. The lowest BCUT2D eigenvalue weighted by atomic mass is 10.1. The van der Waals surface area contributed by atoms with Crippen LogP contribution in [0.2, 0.25) is 0 Å². The van der Waals surface area contributed by atoms with Crippen LogP contribution in [0.3, 0.4) is 0 Å². The van der Waals surface area contributed by atoms with Gasteiger partial charge >= 0.3 is 12.8 Å². The average molecular weight is 430 g/mol. The number of amides is 2. The number of aryl methyl sites for hydroxylation is 2. The summed E-state index contributed by atoms with van der Waals surface area (Å²) in [5, 5.41) is 4.39. The summed E-state index contributed by atoms with van der Waals surface area (Å²) in [4.78, 5) is 24.1. The average Bonchev–Trinajstić information content (AvgIpc) is 2.66. The molecule has 0 aliphatic carbocycles. The van der Waals surface area contributed by atoms with E-state index in [1.165, 1.54) is 30.3 Å². The van der Waals surface area contributed by atoms with Gasteiger partial charge in [-0.2, -0.15) is 22.0 Å². The first kappa shape index (κ1) is 23.1. The molecule has 0 aliphatic heterocycles. The minimum absolute atomic E-state index is 0.00874. The van der Waals surface area contributed by atoms with Crippen LogP contribution in [0.15, 0.2) is 42.5 Å². The Hall–Kier alpha value is -3.17. The van der Waals surface area contributed by atoms with Crippen molar-refractivity contribution in [3.8, 4) is 5.75 Å². The molecule has 0 aromatic heterocycles. The Morgan fingerprint density at radius 2 is 1.73 bits per heavy atom. The molecule has 0 radical (unpaired) electrons. The first-order chi connectivity index (χ1) is 14.0. The monoisotopic (exact) mass is 430 g/mol. The van der Waals surface area contributed by atoms with Crippen molar-refractivity contribution in [2.24, 2.45) is 0 Å². The van der Waals surface area contributed by atoms with Crippen LogP contribution >= 0.6 is 0 Å². The normalized spacial score (nSPS) is 11.3. The summed E-state index contributed by atoms with van der Waals surface area (Å²) in [7, 11) is 0. The smallest absolute Gasteiger partial charge is 0.405 e. The molecular weight excluding hydrogens is 411 g/mol. The summed E-state index contributed by atoms with van der Waals surface area (Å²) >= 11 is 0. The predicted octanol–water partition coefficient (Wildman–Crippen LogP) is 4.46. The second-order valence-corrected chi connectivity index (χ2v) is 6.40. The van der Waals surface area contributed by atoms with Gasteiger partial charge in [0.05, 0.1) is 0 Å². The number of alkyl halides is 5. The van der Waals surface area contributed by atoms with E-state index in [4.69, 9.17) is 0 Å². The lowest BCUT2D eigenvalue weighted by Gasteiger charge is -2.12. The molecule has 0 saturated heterocycles. The molecule has 162 valence electrons. The van der Waals surface area contributed by atoms with Crippen LogP contribution in [0, 0.1) is 6.92 Å². The van der Waals surface area contributed by atoms with Gasteiger partial charge in [-0.15, -0.1) is 0 Å². The maximum atomic E-state index is 12.2. The van der Waals surface area contributed by atoms with E-state index in [2.05, 4.69) is 10.1 Å². The zero-order chi connectivity index (χ0) is 22.3. The molecule has 2 aromatic rings. The van der Waals surface area contributed by atoms with E-state index in [9.17, 15) is 31.5 Å². The maximum Gasteiger partial charge on any atom is 0.405 e. The van der Waals surface area contributed by atoms with Crippen molar-refractivity contribution in [3.63, 3.8) is 0 Å². The van der Waals surface area contributed by atoms with Crippen LogP contribution in [0.1, 0.15) is 27.9 Å². The molecule has 0 heterocycles. The zero-order valence-electron chi connectivity index (χ0n) is 15.9. The molecule has 30 heavy (non-hydrogen) atoms. The second kappa shape index (κ2) is 10.0. The number of hydrogen-bond donors (Lipinski definition) is 2. The van der Waals surface area contributed by atoms with Gasteiger partial charge < -0.3 is 15.4 Å². The molecule has 0 atom stereocenters. The fraction of sp³-hybridized carbons (Fsp3) is 0.300. The Labute approximate surface area is 169 Å². The lowest BCUT2D eigenvalue weighted by molar-refractivity contribution is -0.123. The van der Waals surface area contributed by atoms with Gasteiger partial charge in [0.15, 0.2) is 0 Å². The van der Waals surface area contributed by atoms with Gasteiger partial charge in [0.1, 0.15) is 12.3 Å². The number of ether oxygens (including phenoxy) is 1. The van der Waals surface area contributed by atoms with Crippen molar-refractivity contribution in [3.05, 3.63) is 59.2 Å². The van der Waals surface area contributed by atoms with Gasteiger partial charge in [-0.25, -0.2) is 0 Å². The summed E-state index contributed by atoms with van der Waals surface area (Å²) in [6, 6.07) is 10.0. The highest BCUT2D eigenvalue weighted by molar-refractivity contribution is 5.97. The van der Waals surface area contributed by atoms with Crippen LogP contribution in [0.4, 0.5) is 27.6 Å². The van der Waals surface area contributed by atoms with Gasteiger partial charge in [-0.05, 0) is 48.7 Å². The second-order valence-electron chi connectivity index (χ2n) is 6.40. The summed E-state index contributed by atoms with van der Waals surface area (Å²) < 4.78 is 65.2. The molecule has 0 aliphatic rings. The Morgan fingerprint density at radius 1 is 1.07 bits per heavy atom. The van der Waals surface area contributed by atoms with E-state index in [-0.39, 0.29) is 23.6 Å². The molecule has 0 saturated carbocycles. The SMILES string of the molecule is Cc1ccc(C(=O)NCC(F)(F)F)cc1NC(=O)CCc1ccc(OC(F)F)cc1. The van der Waals surface area contributed by atoms with Crippen LogP contribution < -0.4 is 15.4 Å². The number of hydrogen-bond acceptors (Lipinski definition) is 3. The van der Waals surface area contributed by atoms with E-state index >= 15 is 0 Å². The maximum absolute atomic E-state index is 12.2. The summed E-state index contributed by atoms with van der Waals surface area (Å²) in [6.07, 6.45) is -4.13. The molecule has 2 rings (SSSR count). The highest BCUT2D eigenvalue weighted by Crippen LogP contribution is 2.19. The van der Waals surface area contributed by atoms with Gasteiger partial charge in [0.25, 0.3) is 5.91 Å². The van der Waals surface area contributed by atoms with Gasteiger partial charge in [0.2, 0.25) is 5.91 Å². The largest absolute Gasteiger partial charge is 0.435 e. The first-order valence-electron chi connectivity index (χ1n) is 8.83. The summed E-state index contributed by atoms with van der Waals surface area (Å²) in [5.41, 5.74) is 1.64. The molecule has 5 nitrogen and oxygen atoms in total. The Balaban J connectivity index is 1.93. The van der Waals surface area contributed by atoms with E-state index in [1.807, 2.05) is 0 Å². The number of benzene rings is 2. The topological polar surface area (TPSA) is 67.4 Å². The standard InChI is InChI=1S/C20H19F5N2O3/c1-12-2-6-14(18(29)26-11-20(23,24)25)10-16(12)27-17(28)9-5-13-3-7-15(8-4-13)30-19(21)22/h2-4,6-8,10,19H,5,9,11H2,1H3,(H,26,29)(H,27,28). The Kier molecular flexibility index (Phi) is 7.73. The number of rotatable bonds is 8. The van der Waals surface area contributed by atoms with Crippen molar-refractivity contribution in [1.82, 2.24) is 5.32 Å². The molecule has 10 heteroatoms. The number of carbonyl (C=O) groups excluding carboxylic acids is 2. The Morgan fingerprint density at radius 3 is 2.33 bits per heavy atom. The zero-order valence-corrected chi connectivity index (χ0v) is 15.9. The summed E-state index contributed by atoms with van der Waals surface area (Å²) in [6.45, 7) is -2.70. The van der Waals surface area contributed by atoms with E-state index < -0.39 is 25.2 Å². The van der Waals surface area contributed by atoms with E-state index in [1.54, 1.807) is 24.4 Å². The molecule has 0 spiro atoms. The molecule has 0 bridgehead atoms. The van der Waals surface area contributed by atoms with Gasteiger partial charge in [-0.3, -0.25) is 9.59 Å².